The summed E-state index contributed by atoms with van der Waals surface area (Å²) in [6.45, 7) is 2.65. The van der Waals surface area contributed by atoms with E-state index in [0.29, 0.717) is 18.3 Å². The number of ether oxygens (including phenoxy) is 2. The molecule has 1 aromatic rings. The van der Waals surface area contributed by atoms with Crippen LogP contribution in [0.5, 0.6) is 5.75 Å². The Kier molecular flexibility index (Phi) is 8.37. The third kappa shape index (κ3) is 6.15. The van der Waals surface area contributed by atoms with Gasteiger partial charge in [0, 0.05) is 0 Å². The van der Waals surface area contributed by atoms with Crippen LogP contribution in [0, 0.1) is 11.8 Å². The average molecular weight is 494 g/mol. The molecule has 0 saturated heterocycles. The smallest absolute Gasteiger partial charge is 0.428 e. The van der Waals surface area contributed by atoms with Gasteiger partial charge in [-0.25, -0.2) is 8.78 Å². The van der Waals surface area contributed by atoms with Crippen LogP contribution >= 0.6 is 0 Å². The van der Waals surface area contributed by atoms with Crippen LogP contribution in [0.4, 0.5) is 30.7 Å². The number of hydrogen-bond donors (Lipinski definition) is 0. The molecule has 2 nitrogen and oxygen atoms in total. The van der Waals surface area contributed by atoms with Crippen molar-refractivity contribution in [1.29, 1.82) is 0 Å². The van der Waals surface area contributed by atoms with E-state index in [-0.39, 0.29) is 5.56 Å². The van der Waals surface area contributed by atoms with E-state index in [2.05, 4.69) is 11.7 Å². The summed E-state index contributed by atoms with van der Waals surface area (Å²) in [5, 5.41) is 0. The molecule has 0 radical (unpaired) electrons. The van der Waals surface area contributed by atoms with Crippen LogP contribution in [0.2, 0.25) is 0 Å². The predicted octanol–water partition coefficient (Wildman–Crippen LogP) is 7.84. The third-order valence-corrected chi connectivity index (χ3v) is 6.49. The first-order valence-electron chi connectivity index (χ1n) is 11.5. The van der Waals surface area contributed by atoms with Crippen LogP contribution in [0.15, 0.2) is 48.6 Å². The number of alkyl halides is 7. The molecule has 0 aromatic heterocycles. The van der Waals surface area contributed by atoms with Crippen LogP contribution in [0.1, 0.15) is 51.0 Å². The molecular formula is C25H29F7O2. The SMILES string of the molecule is CCCC1CCC(COc2ccc(C3(OC(F)(F)C(F)C(F)(F)F)C=CC=CC3F)cc2)CC1. The summed E-state index contributed by atoms with van der Waals surface area (Å²) in [5.41, 5.74) is -2.83. The van der Waals surface area contributed by atoms with Gasteiger partial charge in [0.25, 0.3) is 6.17 Å². The molecule has 2 aliphatic carbocycles. The van der Waals surface area contributed by atoms with E-state index in [1.165, 1.54) is 43.2 Å². The standard InChI is InChI=1S/C25H29F7O2/c1-2-5-17-7-9-18(10-8-17)16-33-20-13-11-19(12-14-20)23(15-4-3-6-21(23)26)34-25(31,32)22(27)24(28,29)30/h3-4,6,11-15,17-18,21-22H,2,5,7-10,16H2,1H3. The fraction of sp³-hybridized carbons (Fsp3) is 0.600. The van der Waals surface area contributed by atoms with E-state index in [0.717, 1.165) is 49.8 Å². The van der Waals surface area contributed by atoms with Gasteiger partial charge in [0.2, 0.25) is 0 Å². The summed E-state index contributed by atoms with van der Waals surface area (Å²) >= 11 is 0. The van der Waals surface area contributed by atoms with Crippen LogP contribution in [0.3, 0.4) is 0 Å². The average Bonchev–Trinajstić information content (AvgIpc) is 2.79. The number of rotatable bonds is 9. The first kappa shape index (κ1) is 26.6. The van der Waals surface area contributed by atoms with E-state index >= 15 is 0 Å². The maximum atomic E-state index is 14.8. The zero-order chi connectivity index (χ0) is 25.0. The van der Waals surface area contributed by atoms with Crippen molar-refractivity contribution in [1.82, 2.24) is 0 Å². The Labute approximate surface area is 194 Å². The molecular weight excluding hydrogens is 465 g/mol. The van der Waals surface area contributed by atoms with Gasteiger partial charge in [-0.15, -0.1) is 0 Å². The van der Waals surface area contributed by atoms with Crippen molar-refractivity contribution in [3.05, 3.63) is 54.1 Å². The maximum Gasteiger partial charge on any atom is 0.428 e. The molecule has 3 atom stereocenters. The molecule has 9 heteroatoms. The van der Waals surface area contributed by atoms with Gasteiger partial charge in [-0.2, -0.15) is 22.0 Å². The van der Waals surface area contributed by atoms with Crippen molar-refractivity contribution < 1.29 is 40.2 Å². The van der Waals surface area contributed by atoms with Gasteiger partial charge >= 0.3 is 12.3 Å². The number of halogens is 7. The lowest BCUT2D eigenvalue weighted by molar-refractivity contribution is -0.366. The Balaban J connectivity index is 1.71. The number of allylic oxidation sites excluding steroid dienone is 2. The summed E-state index contributed by atoms with van der Waals surface area (Å²) in [6, 6.07) is 5.30. The Morgan fingerprint density at radius 1 is 0.971 bits per heavy atom. The molecule has 0 N–H and O–H groups in total. The monoisotopic (exact) mass is 494 g/mol. The normalized spacial score (nSPS) is 28.6. The largest absolute Gasteiger partial charge is 0.493 e. The van der Waals surface area contributed by atoms with Crippen LogP contribution in [-0.4, -0.2) is 31.2 Å². The topological polar surface area (TPSA) is 18.5 Å². The second kappa shape index (κ2) is 10.7. The van der Waals surface area contributed by atoms with Crippen molar-refractivity contribution in [2.24, 2.45) is 11.8 Å². The van der Waals surface area contributed by atoms with Crippen LogP contribution in [0.25, 0.3) is 0 Å². The predicted molar refractivity (Wildman–Crippen MR) is 114 cm³/mol. The van der Waals surface area contributed by atoms with E-state index in [1.807, 2.05) is 0 Å². The van der Waals surface area contributed by atoms with Gasteiger partial charge in [0.1, 0.15) is 5.75 Å². The molecule has 1 saturated carbocycles. The first-order valence-corrected chi connectivity index (χ1v) is 11.5. The molecule has 0 aliphatic heterocycles. The number of hydrogen-bond acceptors (Lipinski definition) is 2. The second-order valence-electron chi connectivity index (χ2n) is 9.02. The fourth-order valence-electron chi connectivity index (χ4n) is 4.59. The van der Waals surface area contributed by atoms with Crippen LogP contribution < -0.4 is 4.74 Å². The zero-order valence-corrected chi connectivity index (χ0v) is 18.8. The Bertz CT molecular complexity index is 842. The summed E-state index contributed by atoms with van der Waals surface area (Å²) in [4.78, 5) is 0. The lowest BCUT2D eigenvalue weighted by atomic mass is 9.80. The molecule has 3 rings (SSSR count). The first-order chi connectivity index (χ1) is 16.0. The quantitative estimate of drug-likeness (QED) is 0.326. The minimum atomic E-state index is -5.88. The highest BCUT2D eigenvalue weighted by Crippen LogP contribution is 2.45. The molecule has 0 heterocycles. The Hall–Kier alpha value is -2.03. The molecule has 0 spiro atoms. The summed E-state index contributed by atoms with van der Waals surface area (Å²) < 4.78 is 104. The van der Waals surface area contributed by atoms with Crippen molar-refractivity contribution in [3.63, 3.8) is 0 Å². The third-order valence-electron chi connectivity index (χ3n) is 6.49. The highest BCUT2D eigenvalue weighted by molar-refractivity contribution is 5.39. The maximum absolute atomic E-state index is 14.8. The molecule has 0 amide bonds. The summed E-state index contributed by atoms with van der Waals surface area (Å²) in [6.07, 6.45) is -7.19. The fourth-order valence-corrected chi connectivity index (χ4v) is 4.59. The minimum absolute atomic E-state index is 0.193. The lowest BCUT2D eigenvalue weighted by Crippen LogP contribution is -2.51. The van der Waals surface area contributed by atoms with Gasteiger partial charge in [0.15, 0.2) is 11.8 Å². The summed E-state index contributed by atoms with van der Waals surface area (Å²) in [5.74, 6) is 1.56. The van der Waals surface area contributed by atoms with E-state index in [4.69, 9.17) is 4.74 Å². The minimum Gasteiger partial charge on any atom is -0.493 e. The highest BCUT2D eigenvalue weighted by Gasteiger charge is 2.62. The van der Waals surface area contributed by atoms with E-state index < -0.39 is 30.2 Å². The van der Waals surface area contributed by atoms with Gasteiger partial charge in [-0.05, 0) is 54.5 Å². The number of benzene rings is 1. The van der Waals surface area contributed by atoms with Crippen molar-refractivity contribution in [3.8, 4) is 5.75 Å². The van der Waals surface area contributed by atoms with Crippen LogP contribution in [-0.2, 0) is 10.3 Å². The summed E-state index contributed by atoms with van der Waals surface area (Å²) in [7, 11) is 0. The molecule has 190 valence electrons. The zero-order valence-electron chi connectivity index (χ0n) is 18.8. The lowest BCUT2D eigenvalue weighted by Gasteiger charge is -2.38. The highest BCUT2D eigenvalue weighted by atomic mass is 19.4. The van der Waals surface area contributed by atoms with Crippen molar-refractivity contribution in [2.45, 2.75) is 75.7 Å². The van der Waals surface area contributed by atoms with Gasteiger partial charge in [-0.1, -0.05) is 56.9 Å². The van der Waals surface area contributed by atoms with Gasteiger partial charge in [0.05, 0.1) is 6.61 Å². The Morgan fingerprint density at radius 2 is 1.59 bits per heavy atom. The van der Waals surface area contributed by atoms with E-state index in [1.54, 1.807) is 0 Å². The molecule has 0 bridgehead atoms. The molecule has 3 unspecified atom stereocenters. The molecule has 2 aliphatic rings. The molecule has 1 aromatic carbocycles. The van der Waals surface area contributed by atoms with E-state index in [9.17, 15) is 30.7 Å². The van der Waals surface area contributed by atoms with Gasteiger partial charge in [-0.3, -0.25) is 4.74 Å². The van der Waals surface area contributed by atoms with Gasteiger partial charge < -0.3 is 4.74 Å². The second-order valence-corrected chi connectivity index (χ2v) is 9.02. The van der Waals surface area contributed by atoms with Crippen molar-refractivity contribution >= 4 is 0 Å². The van der Waals surface area contributed by atoms with Crippen molar-refractivity contribution in [2.75, 3.05) is 6.61 Å². The molecule has 1 fully saturated rings. The Morgan fingerprint density at radius 3 is 2.15 bits per heavy atom. The molecule has 34 heavy (non-hydrogen) atoms.